The van der Waals surface area contributed by atoms with Gasteiger partial charge in [0.25, 0.3) is 5.91 Å². The van der Waals surface area contributed by atoms with Gasteiger partial charge in [-0.25, -0.2) is 4.79 Å². The Morgan fingerprint density at radius 1 is 1.39 bits per heavy atom. The molecule has 0 aromatic heterocycles. The van der Waals surface area contributed by atoms with Crippen molar-refractivity contribution in [3.8, 4) is 5.75 Å². The minimum atomic E-state index is -0.836. The van der Waals surface area contributed by atoms with Crippen LogP contribution in [0.1, 0.15) is 20.8 Å². The fourth-order valence-electron chi connectivity index (χ4n) is 1.84. The van der Waals surface area contributed by atoms with E-state index in [4.69, 9.17) is 21.1 Å². The van der Waals surface area contributed by atoms with Gasteiger partial charge in [0.05, 0.1) is 0 Å². The van der Waals surface area contributed by atoms with Gasteiger partial charge >= 0.3 is 5.97 Å². The van der Waals surface area contributed by atoms with E-state index in [9.17, 15) is 9.59 Å². The summed E-state index contributed by atoms with van der Waals surface area (Å²) in [5.41, 5.74) is 0.865. The van der Waals surface area contributed by atoms with Crippen molar-refractivity contribution in [2.45, 2.75) is 26.9 Å². The van der Waals surface area contributed by atoms with Crippen LogP contribution >= 0.6 is 11.6 Å². The number of amides is 1. The van der Waals surface area contributed by atoms with Crippen LogP contribution in [0.4, 0.5) is 0 Å². The first kappa shape index (κ1) is 19.0. The average molecular weight is 340 g/mol. The summed E-state index contributed by atoms with van der Waals surface area (Å²) >= 11 is 5.85. The normalized spacial score (nSPS) is 11.5. The van der Waals surface area contributed by atoms with Crippen LogP contribution in [0.15, 0.2) is 36.4 Å². The summed E-state index contributed by atoms with van der Waals surface area (Å²) < 4.78 is 10.5. The maximum atomic E-state index is 12.0. The standard InChI is InChI=1S/C17H22ClNO4/c1-5-19(10-12(2)3)16(20)11-22-17(21)13(4)23-15-8-6-7-14(18)9-15/h6-9,13H,2,5,10-11H2,1,3-4H3. The van der Waals surface area contributed by atoms with Crippen LogP contribution in [0.3, 0.4) is 0 Å². The predicted molar refractivity (Wildman–Crippen MR) is 89.6 cm³/mol. The first-order valence-electron chi connectivity index (χ1n) is 7.34. The van der Waals surface area contributed by atoms with Gasteiger partial charge in [-0.3, -0.25) is 4.79 Å². The molecule has 126 valence electrons. The van der Waals surface area contributed by atoms with E-state index in [1.54, 1.807) is 36.1 Å². The molecule has 0 heterocycles. The van der Waals surface area contributed by atoms with Crippen molar-refractivity contribution in [3.05, 3.63) is 41.4 Å². The quantitative estimate of drug-likeness (QED) is 0.539. The van der Waals surface area contributed by atoms with Gasteiger partial charge in [-0.1, -0.05) is 29.8 Å². The lowest BCUT2D eigenvalue weighted by molar-refractivity contribution is -0.157. The Kier molecular flexibility index (Phi) is 7.62. The number of hydrogen-bond acceptors (Lipinski definition) is 4. The molecule has 0 saturated carbocycles. The van der Waals surface area contributed by atoms with E-state index in [0.717, 1.165) is 5.57 Å². The molecule has 0 aliphatic rings. The summed E-state index contributed by atoms with van der Waals surface area (Å²) in [5.74, 6) is -0.408. The Balaban J connectivity index is 2.48. The molecule has 5 nitrogen and oxygen atoms in total. The number of esters is 1. The summed E-state index contributed by atoms with van der Waals surface area (Å²) in [7, 11) is 0. The minimum absolute atomic E-state index is 0.265. The van der Waals surface area contributed by atoms with E-state index in [0.29, 0.717) is 23.9 Å². The lowest BCUT2D eigenvalue weighted by Gasteiger charge is -2.21. The fourth-order valence-corrected chi connectivity index (χ4v) is 2.02. The first-order chi connectivity index (χ1) is 10.8. The molecule has 1 rings (SSSR count). The molecule has 0 aliphatic heterocycles. The third kappa shape index (κ3) is 6.74. The number of carbonyl (C=O) groups excluding carboxylic acids is 2. The number of halogens is 1. The van der Waals surface area contributed by atoms with Crippen molar-refractivity contribution in [1.82, 2.24) is 4.90 Å². The Bertz CT molecular complexity index is 573. The summed E-state index contributed by atoms with van der Waals surface area (Å²) in [6, 6.07) is 6.71. The van der Waals surface area contributed by atoms with Gasteiger partial charge < -0.3 is 14.4 Å². The summed E-state index contributed by atoms with van der Waals surface area (Å²) in [4.78, 5) is 25.5. The fraction of sp³-hybridized carbons (Fsp3) is 0.412. The average Bonchev–Trinajstić information content (AvgIpc) is 2.49. The summed E-state index contributed by atoms with van der Waals surface area (Å²) in [6.45, 7) is 9.67. The van der Waals surface area contributed by atoms with Crippen LogP contribution < -0.4 is 4.74 Å². The monoisotopic (exact) mass is 339 g/mol. The van der Waals surface area contributed by atoms with Gasteiger partial charge in [0, 0.05) is 18.1 Å². The van der Waals surface area contributed by atoms with E-state index in [1.807, 2.05) is 13.8 Å². The Labute approximate surface area is 141 Å². The van der Waals surface area contributed by atoms with Gasteiger partial charge in [0.2, 0.25) is 0 Å². The van der Waals surface area contributed by atoms with E-state index in [1.165, 1.54) is 0 Å². The van der Waals surface area contributed by atoms with E-state index in [-0.39, 0.29) is 12.5 Å². The third-order valence-corrected chi connectivity index (χ3v) is 3.21. The molecule has 6 heteroatoms. The SMILES string of the molecule is C=C(C)CN(CC)C(=O)COC(=O)C(C)Oc1cccc(Cl)c1. The second kappa shape index (κ2) is 9.20. The number of carbonyl (C=O) groups is 2. The molecule has 0 bridgehead atoms. The second-order valence-electron chi connectivity index (χ2n) is 5.19. The second-order valence-corrected chi connectivity index (χ2v) is 5.63. The zero-order valence-electron chi connectivity index (χ0n) is 13.7. The van der Waals surface area contributed by atoms with Gasteiger partial charge in [-0.2, -0.15) is 0 Å². The molecular weight excluding hydrogens is 318 g/mol. The number of ether oxygens (including phenoxy) is 2. The Morgan fingerprint density at radius 3 is 2.65 bits per heavy atom. The minimum Gasteiger partial charge on any atom is -0.479 e. The summed E-state index contributed by atoms with van der Waals surface area (Å²) in [5, 5.41) is 0.511. The highest BCUT2D eigenvalue weighted by Crippen LogP contribution is 2.18. The molecule has 0 N–H and O–H groups in total. The molecule has 1 unspecified atom stereocenters. The number of rotatable bonds is 8. The Morgan fingerprint density at radius 2 is 2.09 bits per heavy atom. The van der Waals surface area contributed by atoms with Crippen LogP contribution in [0.25, 0.3) is 0 Å². The molecular formula is C17H22ClNO4. The number of hydrogen-bond donors (Lipinski definition) is 0. The lowest BCUT2D eigenvalue weighted by Crippen LogP contribution is -2.37. The first-order valence-corrected chi connectivity index (χ1v) is 7.72. The molecule has 0 aliphatic carbocycles. The smallest absolute Gasteiger partial charge is 0.347 e. The van der Waals surface area contributed by atoms with Gasteiger partial charge in [-0.05, 0) is 39.0 Å². The largest absolute Gasteiger partial charge is 0.479 e. The van der Waals surface area contributed by atoms with Crippen LogP contribution in [0.5, 0.6) is 5.75 Å². The van der Waals surface area contributed by atoms with Crippen molar-refractivity contribution in [2.24, 2.45) is 0 Å². The molecule has 0 radical (unpaired) electrons. The molecule has 1 aromatic carbocycles. The summed E-state index contributed by atoms with van der Waals surface area (Å²) in [6.07, 6.45) is -0.836. The van der Waals surface area contributed by atoms with Gasteiger partial charge in [0.15, 0.2) is 12.7 Å². The van der Waals surface area contributed by atoms with Gasteiger partial charge in [-0.15, -0.1) is 0 Å². The molecule has 0 fully saturated rings. The van der Waals surface area contributed by atoms with Crippen LogP contribution in [-0.4, -0.2) is 42.6 Å². The van der Waals surface area contributed by atoms with Crippen molar-refractivity contribution in [1.29, 1.82) is 0 Å². The van der Waals surface area contributed by atoms with Crippen LogP contribution in [0, 0.1) is 0 Å². The highest BCUT2D eigenvalue weighted by Gasteiger charge is 2.20. The predicted octanol–water partition coefficient (Wildman–Crippen LogP) is 3.08. The number of nitrogens with zero attached hydrogens (tertiary/aromatic N) is 1. The molecule has 1 aromatic rings. The topological polar surface area (TPSA) is 55.8 Å². The molecule has 0 spiro atoms. The lowest BCUT2D eigenvalue weighted by atomic mass is 10.3. The maximum Gasteiger partial charge on any atom is 0.347 e. The van der Waals surface area contributed by atoms with E-state index in [2.05, 4.69) is 6.58 Å². The van der Waals surface area contributed by atoms with Crippen LogP contribution in [0.2, 0.25) is 5.02 Å². The van der Waals surface area contributed by atoms with Crippen molar-refractivity contribution >= 4 is 23.5 Å². The molecule has 1 amide bonds. The van der Waals surface area contributed by atoms with Crippen LogP contribution in [-0.2, 0) is 14.3 Å². The highest BCUT2D eigenvalue weighted by molar-refractivity contribution is 6.30. The molecule has 23 heavy (non-hydrogen) atoms. The van der Waals surface area contributed by atoms with Gasteiger partial charge in [0.1, 0.15) is 5.75 Å². The molecule has 0 saturated heterocycles. The Hall–Kier alpha value is -2.01. The van der Waals surface area contributed by atoms with Crippen molar-refractivity contribution in [3.63, 3.8) is 0 Å². The van der Waals surface area contributed by atoms with Crippen molar-refractivity contribution in [2.75, 3.05) is 19.7 Å². The zero-order valence-corrected chi connectivity index (χ0v) is 14.4. The number of benzene rings is 1. The van der Waals surface area contributed by atoms with E-state index < -0.39 is 12.1 Å². The van der Waals surface area contributed by atoms with E-state index >= 15 is 0 Å². The maximum absolute atomic E-state index is 12.0. The highest BCUT2D eigenvalue weighted by atomic mass is 35.5. The molecule has 1 atom stereocenters. The third-order valence-electron chi connectivity index (χ3n) is 2.97. The number of likely N-dealkylation sites (N-methyl/N-ethyl adjacent to an activating group) is 1. The zero-order chi connectivity index (χ0) is 17.4. The van der Waals surface area contributed by atoms with Crippen molar-refractivity contribution < 1.29 is 19.1 Å².